The maximum atomic E-state index is 6.41. The van der Waals surface area contributed by atoms with Gasteiger partial charge in [0.05, 0.1) is 11.2 Å². The molecule has 116 valence electrons. The van der Waals surface area contributed by atoms with Crippen molar-refractivity contribution in [1.82, 2.24) is 9.61 Å². The van der Waals surface area contributed by atoms with Crippen LogP contribution in [0.2, 0.25) is 10.3 Å². The van der Waals surface area contributed by atoms with Gasteiger partial charge in [0.15, 0.2) is 5.15 Å². The third-order valence-electron chi connectivity index (χ3n) is 3.30. The molecule has 0 bridgehead atoms. The summed E-state index contributed by atoms with van der Waals surface area (Å²) in [6, 6.07) is 7.99. The van der Waals surface area contributed by atoms with Gasteiger partial charge in [0.2, 0.25) is 0 Å². The minimum Gasteiger partial charge on any atom is -0.378 e. The van der Waals surface area contributed by atoms with Crippen LogP contribution in [-0.4, -0.2) is 15.7 Å². The van der Waals surface area contributed by atoms with E-state index in [0.717, 1.165) is 23.3 Å². The van der Waals surface area contributed by atoms with Crippen molar-refractivity contribution in [3.8, 4) is 0 Å². The second-order valence-corrected chi connectivity index (χ2v) is 7.03. The SMILES string of the molecule is C[C@H](N)Cc1cc2c(NCc3cccs3)cc(Cl)nn2c1Cl. The molecule has 7 heteroatoms. The molecular weight excluding hydrogens is 339 g/mol. The predicted molar refractivity (Wildman–Crippen MR) is 94.2 cm³/mol. The number of aromatic nitrogens is 2. The summed E-state index contributed by atoms with van der Waals surface area (Å²) in [4.78, 5) is 1.25. The fourth-order valence-corrected chi connectivity index (χ4v) is 3.45. The average Bonchev–Trinajstić information content (AvgIpc) is 3.07. The van der Waals surface area contributed by atoms with E-state index in [1.54, 1.807) is 15.9 Å². The first kappa shape index (κ1) is 15.6. The molecule has 0 aromatic carbocycles. The van der Waals surface area contributed by atoms with Crippen LogP contribution in [0.1, 0.15) is 17.4 Å². The molecule has 0 spiro atoms. The fraction of sp³-hybridized carbons (Fsp3) is 0.267. The summed E-state index contributed by atoms with van der Waals surface area (Å²) in [5.41, 5.74) is 8.67. The third kappa shape index (κ3) is 3.22. The van der Waals surface area contributed by atoms with Crippen LogP contribution >= 0.6 is 34.5 Å². The zero-order valence-electron chi connectivity index (χ0n) is 12.0. The maximum Gasteiger partial charge on any atom is 0.152 e. The van der Waals surface area contributed by atoms with E-state index < -0.39 is 0 Å². The van der Waals surface area contributed by atoms with Gasteiger partial charge in [-0.05, 0) is 36.4 Å². The van der Waals surface area contributed by atoms with Crippen LogP contribution in [0.4, 0.5) is 5.69 Å². The van der Waals surface area contributed by atoms with Gasteiger partial charge in [-0.2, -0.15) is 5.10 Å². The molecule has 0 saturated carbocycles. The molecule has 0 saturated heterocycles. The molecule has 0 aliphatic rings. The van der Waals surface area contributed by atoms with Crippen molar-refractivity contribution in [3.63, 3.8) is 0 Å². The first-order valence-corrected chi connectivity index (χ1v) is 8.56. The highest BCUT2D eigenvalue weighted by Crippen LogP contribution is 2.29. The normalized spacial score (nSPS) is 12.7. The standard InChI is InChI=1S/C15H16Cl2N4S/c1-9(18)5-10-6-13-12(19-8-11-3-2-4-22-11)7-14(16)20-21(13)15(10)17/h2-4,6-7,9,19H,5,8,18H2,1H3/t9-/m0/s1. The van der Waals surface area contributed by atoms with Gasteiger partial charge in [0, 0.05) is 23.5 Å². The first-order valence-electron chi connectivity index (χ1n) is 6.93. The number of nitrogens with one attached hydrogen (secondary N) is 1. The van der Waals surface area contributed by atoms with Gasteiger partial charge in [0.25, 0.3) is 0 Å². The van der Waals surface area contributed by atoms with Crippen molar-refractivity contribution in [1.29, 1.82) is 0 Å². The van der Waals surface area contributed by atoms with E-state index in [9.17, 15) is 0 Å². The second-order valence-electron chi connectivity index (χ2n) is 5.25. The molecule has 0 amide bonds. The van der Waals surface area contributed by atoms with Crippen molar-refractivity contribution in [2.75, 3.05) is 5.32 Å². The molecule has 3 heterocycles. The number of nitrogens with zero attached hydrogens (tertiary/aromatic N) is 2. The summed E-state index contributed by atoms with van der Waals surface area (Å²) in [5.74, 6) is 0. The van der Waals surface area contributed by atoms with Gasteiger partial charge in [-0.25, -0.2) is 4.52 Å². The van der Waals surface area contributed by atoms with E-state index in [-0.39, 0.29) is 6.04 Å². The van der Waals surface area contributed by atoms with Crippen molar-refractivity contribution < 1.29 is 0 Å². The maximum absolute atomic E-state index is 6.41. The van der Waals surface area contributed by atoms with Crippen molar-refractivity contribution in [2.45, 2.75) is 25.9 Å². The van der Waals surface area contributed by atoms with Crippen LogP contribution in [0.5, 0.6) is 0 Å². The van der Waals surface area contributed by atoms with E-state index >= 15 is 0 Å². The van der Waals surface area contributed by atoms with Gasteiger partial charge < -0.3 is 11.1 Å². The highest BCUT2D eigenvalue weighted by atomic mass is 35.5. The average molecular weight is 355 g/mol. The van der Waals surface area contributed by atoms with Crippen LogP contribution in [0.3, 0.4) is 0 Å². The van der Waals surface area contributed by atoms with Crippen molar-refractivity contribution >= 4 is 45.7 Å². The summed E-state index contributed by atoms with van der Waals surface area (Å²) < 4.78 is 1.67. The third-order valence-corrected chi connectivity index (χ3v) is 4.76. The van der Waals surface area contributed by atoms with E-state index in [2.05, 4.69) is 21.9 Å². The molecule has 3 aromatic rings. The molecule has 0 unspecified atom stereocenters. The lowest BCUT2D eigenvalue weighted by atomic mass is 10.1. The highest BCUT2D eigenvalue weighted by molar-refractivity contribution is 7.09. The monoisotopic (exact) mass is 354 g/mol. The van der Waals surface area contributed by atoms with E-state index in [4.69, 9.17) is 28.9 Å². The molecule has 22 heavy (non-hydrogen) atoms. The summed E-state index contributed by atoms with van der Waals surface area (Å²) in [6.07, 6.45) is 0.699. The van der Waals surface area contributed by atoms with E-state index in [1.165, 1.54) is 4.88 Å². The predicted octanol–water partition coefficient (Wildman–Crippen LogP) is 4.20. The molecular formula is C15H16Cl2N4S. The summed E-state index contributed by atoms with van der Waals surface area (Å²) in [6.45, 7) is 2.69. The Kier molecular flexibility index (Phi) is 4.59. The number of hydrogen-bond acceptors (Lipinski definition) is 4. The minimum absolute atomic E-state index is 0.0351. The second kappa shape index (κ2) is 6.46. The zero-order chi connectivity index (χ0) is 15.7. The molecule has 3 N–H and O–H groups in total. The van der Waals surface area contributed by atoms with Crippen LogP contribution in [0.25, 0.3) is 5.52 Å². The molecule has 3 rings (SSSR count). The molecule has 3 aromatic heterocycles. The van der Waals surface area contributed by atoms with Gasteiger partial charge in [-0.15, -0.1) is 11.3 Å². The van der Waals surface area contributed by atoms with Gasteiger partial charge in [0.1, 0.15) is 5.15 Å². The number of thiophene rings is 1. The van der Waals surface area contributed by atoms with Gasteiger partial charge in [-0.1, -0.05) is 29.3 Å². The quantitative estimate of drug-likeness (QED) is 0.721. The zero-order valence-corrected chi connectivity index (χ0v) is 14.3. The van der Waals surface area contributed by atoms with Crippen molar-refractivity contribution in [2.24, 2.45) is 5.73 Å². The number of rotatable bonds is 5. The van der Waals surface area contributed by atoms with Crippen molar-refractivity contribution in [3.05, 3.63) is 50.4 Å². The molecule has 0 aliphatic heterocycles. The smallest absolute Gasteiger partial charge is 0.152 e. The van der Waals surface area contributed by atoms with Gasteiger partial charge in [-0.3, -0.25) is 0 Å². The Morgan fingerprint density at radius 3 is 2.91 bits per heavy atom. The molecule has 0 radical (unpaired) electrons. The fourth-order valence-electron chi connectivity index (χ4n) is 2.36. The van der Waals surface area contributed by atoms with Crippen LogP contribution in [-0.2, 0) is 13.0 Å². The topological polar surface area (TPSA) is 55.3 Å². The summed E-state index contributed by atoms with van der Waals surface area (Å²) >= 11 is 14.2. The Morgan fingerprint density at radius 2 is 2.23 bits per heavy atom. The molecule has 1 atom stereocenters. The largest absolute Gasteiger partial charge is 0.378 e. The van der Waals surface area contributed by atoms with E-state index in [1.807, 2.05) is 25.1 Å². The van der Waals surface area contributed by atoms with Crippen LogP contribution in [0, 0.1) is 0 Å². The van der Waals surface area contributed by atoms with E-state index in [0.29, 0.717) is 16.7 Å². The Bertz CT molecular complexity index is 781. The number of fused-ring (bicyclic) bond motifs is 1. The lowest BCUT2D eigenvalue weighted by molar-refractivity contribution is 0.737. The van der Waals surface area contributed by atoms with Gasteiger partial charge >= 0.3 is 0 Å². The highest BCUT2D eigenvalue weighted by Gasteiger charge is 2.14. The number of halogens is 2. The number of anilines is 1. The lowest BCUT2D eigenvalue weighted by Crippen LogP contribution is -2.17. The lowest BCUT2D eigenvalue weighted by Gasteiger charge is -2.08. The number of hydrogen-bond donors (Lipinski definition) is 2. The molecule has 0 fully saturated rings. The summed E-state index contributed by atoms with van der Waals surface area (Å²) in [5, 5.41) is 10.7. The molecule has 0 aliphatic carbocycles. The summed E-state index contributed by atoms with van der Waals surface area (Å²) in [7, 11) is 0. The van der Waals surface area contributed by atoms with Crippen LogP contribution < -0.4 is 11.1 Å². The Morgan fingerprint density at radius 1 is 1.41 bits per heavy atom. The Balaban J connectivity index is 1.98. The Labute approximate surface area is 142 Å². The Hall–Kier alpha value is -1.27. The van der Waals surface area contributed by atoms with Crippen LogP contribution in [0.15, 0.2) is 29.6 Å². The first-order chi connectivity index (χ1) is 10.5. The molecule has 4 nitrogen and oxygen atoms in total. The number of nitrogens with two attached hydrogens (primary N) is 1. The minimum atomic E-state index is 0.0351.